The van der Waals surface area contributed by atoms with Crippen LogP contribution in [0.25, 0.3) is 5.57 Å². The van der Waals surface area contributed by atoms with E-state index in [2.05, 4.69) is 456 Å². The number of hydrogen-bond donors (Lipinski definition) is 0. The third-order valence-corrected chi connectivity index (χ3v) is 48.5. The zero-order chi connectivity index (χ0) is 95.5. The number of unbranched alkanes of at least 4 members (excludes halogenated alkanes) is 11. The van der Waals surface area contributed by atoms with Crippen LogP contribution in [0.3, 0.4) is 0 Å². The first-order valence-electron chi connectivity index (χ1n) is 38.7. The van der Waals surface area contributed by atoms with E-state index in [1.807, 2.05) is 37.3 Å². The van der Waals surface area contributed by atoms with Gasteiger partial charge in [0, 0.05) is 57.7 Å². The van der Waals surface area contributed by atoms with E-state index >= 15 is 0 Å². The van der Waals surface area contributed by atoms with E-state index in [9.17, 15) is 43.2 Å². The number of rotatable bonds is 33. The van der Waals surface area contributed by atoms with Gasteiger partial charge in [0.25, 0.3) is 0 Å². The van der Waals surface area contributed by atoms with Crippen LogP contribution in [0, 0.1) is 0 Å². The van der Waals surface area contributed by atoms with Crippen LogP contribution in [0.1, 0.15) is 202 Å². The third kappa shape index (κ3) is 37.8. The van der Waals surface area contributed by atoms with Crippen LogP contribution >= 0.6 is 414 Å². The molecule has 0 N–H and O–H groups in total. The molecule has 9 heterocycles. The zero-order valence-corrected chi connectivity index (χ0v) is 109. The Morgan fingerprint density at radius 3 is 0.920 bits per heavy atom. The van der Waals surface area contributed by atoms with Crippen molar-refractivity contribution in [3.63, 3.8) is 0 Å². The van der Waals surface area contributed by atoms with Crippen molar-refractivity contribution in [2.24, 2.45) is 0 Å². The van der Waals surface area contributed by atoms with Crippen LogP contribution < -0.4 is 0 Å². The fourth-order valence-corrected chi connectivity index (χ4v) is 25.8. The predicted octanol–water partition coefficient (Wildman–Crippen LogP) is 33.3. The molecule has 0 radical (unpaired) electrons. The molecule has 9 aliphatic rings. The molecule has 9 atom stereocenters. The highest BCUT2D eigenvalue weighted by atomic mass is 79.9. The largest absolute Gasteiger partial charge is 0.439 e. The minimum absolute atomic E-state index is 0.114. The van der Waals surface area contributed by atoms with E-state index in [-0.39, 0.29) is 61.2 Å². The van der Waals surface area contributed by atoms with Crippen molar-refractivity contribution in [1.29, 1.82) is 0 Å². The number of alkyl halides is 20. The molecule has 0 spiro atoms. The van der Waals surface area contributed by atoms with Crippen molar-refractivity contribution < 1.29 is 85.8 Å². The van der Waals surface area contributed by atoms with E-state index in [4.69, 9.17) is 42.6 Å². The average molecular weight is 3430 g/mol. The maximum absolute atomic E-state index is 11.5. The fourth-order valence-electron chi connectivity index (χ4n) is 11.6. The van der Waals surface area contributed by atoms with E-state index < -0.39 is 40.6 Å². The summed E-state index contributed by atoms with van der Waals surface area (Å²) in [5.41, 5.74) is 8.75. The summed E-state index contributed by atoms with van der Waals surface area (Å²) in [5, 5.41) is 3.95. The predicted molar refractivity (Wildman–Crippen MR) is 593 cm³/mol. The number of esters is 9. The molecule has 44 heteroatoms. The smallest absolute Gasteiger partial charge is 0.347 e. The van der Waals surface area contributed by atoms with Gasteiger partial charge in [-0.15, -0.1) is 0 Å². The summed E-state index contributed by atoms with van der Waals surface area (Å²) in [4.78, 5) is 101. The van der Waals surface area contributed by atoms with Gasteiger partial charge in [0.1, 0.15) is 29.9 Å². The molecule has 0 aromatic heterocycles. The quantitative estimate of drug-likeness (QED) is 0.0275. The number of benzene rings is 1. The molecule has 9 unspecified atom stereocenters. The number of carbonyl (C=O) groups is 9. The number of carbonyl (C=O) groups excluding carboxylic acids is 9. The molecule has 0 saturated carbocycles. The first-order valence-corrected chi connectivity index (χ1v) is 62.1. The van der Waals surface area contributed by atoms with Crippen molar-refractivity contribution in [2.75, 3.05) is 37.3 Å². The van der Waals surface area contributed by atoms with Gasteiger partial charge in [-0.2, -0.15) is 0 Å². The van der Waals surface area contributed by atoms with Gasteiger partial charge in [-0.1, -0.05) is 331 Å². The Morgan fingerprint density at radius 2 is 0.592 bits per heavy atom. The van der Waals surface area contributed by atoms with Crippen molar-refractivity contribution >= 4 is 473 Å². The maximum atomic E-state index is 11.5. The Labute approximate surface area is 952 Å². The lowest BCUT2D eigenvalue weighted by Gasteiger charge is -2.26. The molecular formula is C81H92Br26O18. The molecule has 706 valence electrons. The van der Waals surface area contributed by atoms with Gasteiger partial charge in [0.15, 0.2) is 27.1 Å². The molecule has 0 amide bonds. The van der Waals surface area contributed by atoms with Crippen LogP contribution in [0.5, 0.6) is 0 Å². The molecule has 0 aliphatic carbocycles. The molecule has 10 rings (SSSR count). The van der Waals surface area contributed by atoms with E-state index in [1.54, 1.807) is 12.2 Å². The van der Waals surface area contributed by atoms with Gasteiger partial charge in [-0.3, -0.25) is 0 Å². The first kappa shape index (κ1) is 126. The van der Waals surface area contributed by atoms with Crippen molar-refractivity contribution in [3.8, 4) is 0 Å². The highest BCUT2D eigenvalue weighted by Gasteiger charge is 2.51. The monoisotopic (exact) mass is 3400 g/mol. The van der Waals surface area contributed by atoms with Crippen LogP contribution in [0.15, 0.2) is 121 Å². The molecule has 0 bridgehead atoms. The highest BCUT2D eigenvalue weighted by molar-refractivity contribution is 9.26. The Kier molecular flexibility index (Phi) is 61.8. The molecular weight excluding hydrogens is 3340 g/mol. The van der Waals surface area contributed by atoms with Crippen LogP contribution in [-0.4, -0.2) is 139 Å². The summed E-state index contributed by atoms with van der Waals surface area (Å²) >= 11 is 86.8. The van der Waals surface area contributed by atoms with Crippen molar-refractivity contribution in [2.45, 2.75) is 244 Å². The van der Waals surface area contributed by atoms with Gasteiger partial charge in [0.2, 0.25) is 13.5 Å². The molecule has 18 nitrogen and oxygen atoms in total. The van der Waals surface area contributed by atoms with Gasteiger partial charge < -0.3 is 42.6 Å². The van der Waals surface area contributed by atoms with Gasteiger partial charge >= 0.3 is 53.7 Å². The third-order valence-electron chi connectivity index (χ3n) is 18.4. The average Bonchev–Trinajstić information content (AvgIpc) is 1.59. The summed E-state index contributed by atoms with van der Waals surface area (Å²) < 4.78 is 43.7. The van der Waals surface area contributed by atoms with E-state index in [0.29, 0.717) is 64.2 Å². The summed E-state index contributed by atoms with van der Waals surface area (Å²) in [6, 6.07) is 9.70. The van der Waals surface area contributed by atoms with Gasteiger partial charge in [0.05, 0.1) is 41.8 Å². The second kappa shape index (κ2) is 61.4. The summed E-state index contributed by atoms with van der Waals surface area (Å²) in [6.07, 6.45) is 31.2. The lowest BCUT2D eigenvalue weighted by Crippen LogP contribution is -2.31. The molecule has 1 aromatic rings. The zero-order valence-electron chi connectivity index (χ0n) is 68.2. The van der Waals surface area contributed by atoms with Crippen LogP contribution in [0.2, 0.25) is 0 Å². The van der Waals surface area contributed by atoms with Gasteiger partial charge in [-0.05, 0) is 327 Å². The van der Waals surface area contributed by atoms with Crippen LogP contribution in [0.4, 0.5) is 0 Å². The number of cyclic esters (lactones) is 9. The molecule has 125 heavy (non-hydrogen) atoms. The lowest BCUT2D eigenvalue weighted by molar-refractivity contribution is -0.140. The number of ether oxygens (including phenoxy) is 9. The standard InChI is InChI=1S/C12H17Br3O2.C11H15Br3O2.C11H8Br2O2.C11H16Br2O2.C9H11Br3O2.2C8H9Br3O2.C6H5Br3O2.C5H2Br4O2/c1-2-3-4-5-6-7-9-10(14)11(16)17-12(9,15)8-13;1-2-3-4-5-6-8-9(13)10(15)16-11(8,14)7-12;12-7-11(13)9(6-10(14)15-11)8-4-2-1-3-5-8;1-2-3-4-5-6-9-7-10(14)15-11(9,13)8-12;1-2-3-4-6-7(11)8(13)14-9(6,12)5-10;1-2-3-5-6(10)7(12)13-8(5,11)4-9;1-2-3-5-4-6(12)13-8(5,11)7(9)10;1-3-4(8)5(10)11-6(3,9)2-7;6-2-1-3(10)11-5(2,9)4(7)8/h2-8H2,1H3;2-7H2,1H3;1-6H,7H2;7H,2-6,8H2,1H3;2-5H2,1H3;2-4H2,1H3;4,7H,2-3H2,1H3;2H2,1H3;1,4H. The van der Waals surface area contributed by atoms with Crippen molar-refractivity contribution in [1.82, 2.24) is 0 Å². The number of halogens is 26. The Morgan fingerprint density at radius 1 is 0.288 bits per heavy atom. The SMILES string of the molecule is CC1=C(Br)C(=O)OC1(Br)CBr.CCCC1=C(Br)C(=O)OC1(Br)CBr.CCCC1=CC(=O)OC1(Br)C(Br)Br.CCCCC1=C(Br)C(=O)OC1(Br)CBr.CCCCCCC1=C(Br)C(=O)OC1(Br)CBr.CCCCCCC1=CC(=O)OC1(Br)CBr.CCCCCCCC1=C(Br)C(=O)OC1(Br)CBr.O=C1C=C(Br)C(Br)(C(Br)Br)O1.O=C1C=C(c2ccccc2)C(Br)(CBr)O1. The Hall–Kier alpha value is 4.59. The summed E-state index contributed by atoms with van der Waals surface area (Å²) in [5.74, 6) is -2.65. The molecule has 0 fully saturated rings. The lowest BCUT2D eigenvalue weighted by atomic mass is 10.0. The van der Waals surface area contributed by atoms with E-state index in [0.717, 1.165) is 134 Å². The summed E-state index contributed by atoms with van der Waals surface area (Å²) in [7, 11) is 0. The van der Waals surface area contributed by atoms with Gasteiger partial charge in [-0.25, -0.2) is 43.2 Å². The molecule has 9 aliphatic heterocycles. The maximum Gasteiger partial charge on any atom is 0.347 e. The highest BCUT2D eigenvalue weighted by Crippen LogP contribution is 2.52. The number of hydrogen-bond acceptors (Lipinski definition) is 18. The Bertz CT molecular complexity index is 4180. The van der Waals surface area contributed by atoms with E-state index in [1.165, 1.54) is 76.4 Å². The second-order valence-corrected chi connectivity index (χ2v) is 54.0. The second-order valence-electron chi connectivity index (χ2n) is 27.8. The minimum atomic E-state index is -0.802. The topological polar surface area (TPSA) is 237 Å². The van der Waals surface area contributed by atoms with Crippen LogP contribution in [-0.2, 0) is 85.8 Å². The Balaban J connectivity index is 0.000000478. The molecule has 1 aromatic carbocycles. The minimum Gasteiger partial charge on any atom is -0.439 e. The van der Waals surface area contributed by atoms with Crippen molar-refractivity contribution in [3.05, 3.63) is 126 Å². The first-order chi connectivity index (χ1) is 58.4. The molecule has 0 saturated heterocycles. The summed E-state index contributed by atoms with van der Waals surface area (Å²) in [6.45, 7) is 14.7. The fraction of sp³-hybridized carbons (Fsp3) is 0.593. The normalized spacial score (nSPS) is 26.8.